The van der Waals surface area contributed by atoms with Crippen LogP contribution in [0.1, 0.15) is 36.8 Å². The van der Waals surface area contributed by atoms with Crippen LogP contribution < -0.4 is 4.74 Å². The maximum Gasteiger partial charge on any atom is 0.123 e. The minimum absolute atomic E-state index is 0.0520. The van der Waals surface area contributed by atoms with Crippen LogP contribution >= 0.6 is 11.6 Å². The van der Waals surface area contributed by atoms with E-state index in [1.54, 1.807) is 0 Å². The van der Waals surface area contributed by atoms with Gasteiger partial charge in [-0.1, -0.05) is 12.1 Å². The standard InChI is InChI=1S/C15H19ClO2/c1-9-5-13(8-17-9)15(16)11-3-4-14-12(7-11)6-10(2)18-14/h3-4,7,9-10,13,15H,5-6,8H2,1-2H3. The van der Waals surface area contributed by atoms with E-state index in [9.17, 15) is 0 Å². The first kappa shape index (κ1) is 12.3. The van der Waals surface area contributed by atoms with Crippen LogP contribution in [0.25, 0.3) is 0 Å². The molecule has 0 spiro atoms. The molecule has 0 aliphatic carbocycles. The number of halogens is 1. The van der Waals surface area contributed by atoms with Crippen molar-refractivity contribution in [2.75, 3.05) is 6.61 Å². The topological polar surface area (TPSA) is 18.5 Å². The highest BCUT2D eigenvalue weighted by atomic mass is 35.5. The first-order chi connectivity index (χ1) is 8.63. The molecule has 1 aromatic rings. The van der Waals surface area contributed by atoms with E-state index in [4.69, 9.17) is 21.1 Å². The summed E-state index contributed by atoms with van der Waals surface area (Å²) in [4.78, 5) is 0. The highest BCUT2D eigenvalue weighted by Crippen LogP contribution is 2.39. The second-order valence-electron chi connectivity index (χ2n) is 5.54. The Bertz CT molecular complexity index is 446. The van der Waals surface area contributed by atoms with Crippen LogP contribution in [-0.2, 0) is 11.2 Å². The molecule has 4 unspecified atom stereocenters. The smallest absolute Gasteiger partial charge is 0.123 e. The van der Waals surface area contributed by atoms with Crippen LogP contribution in [-0.4, -0.2) is 18.8 Å². The summed E-state index contributed by atoms with van der Waals surface area (Å²) < 4.78 is 11.3. The molecule has 1 aromatic carbocycles. The third kappa shape index (κ3) is 2.24. The monoisotopic (exact) mass is 266 g/mol. The van der Waals surface area contributed by atoms with E-state index in [-0.39, 0.29) is 5.38 Å². The van der Waals surface area contributed by atoms with E-state index in [0.29, 0.717) is 18.1 Å². The van der Waals surface area contributed by atoms with E-state index in [0.717, 1.165) is 25.2 Å². The maximum absolute atomic E-state index is 6.60. The van der Waals surface area contributed by atoms with Gasteiger partial charge in [-0.2, -0.15) is 0 Å². The molecular formula is C15H19ClO2. The molecule has 0 saturated carbocycles. The van der Waals surface area contributed by atoms with Gasteiger partial charge in [0.25, 0.3) is 0 Å². The first-order valence-corrected chi connectivity index (χ1v) is 7.12. The zero-order chi connectivity index (χ0) is 12.7. The molecule has 1 saturated heterocycles. The Morgan fingerprint density at radius 3 is 2.83 bits per heavy atom. The van der Waals surface area contributed by atoms with E-state index in [1.165, 1.54) is 11.1 Å². The Hall–Kier alpha value is -0.730. The highest BCUT2D eigenvalue weighted by Gasteiger charge is 2.30. The van der Waals surface area contributed by atoms with Gasteiger partial charge in [0.15, 0.2) is 0 Å². The molecule has 1 fully saturated rings. The predicted molar refractivity (Wildman–Crippen MR) is 72.4 cm³/mol. The summed E-state index contributed by atoms with van der Waals surface area (Å²) in [6.07, 6.45) is 2.68. The van der Waals surface area contributed by atoms with Crippen molar-refractivity contribution in [2.45, 2.75) is 44.3 Å². The lowest BCUT2D eigenvalue weighted by atomic mass is 9.94. The number of ether oxygens (including phenoxy) is 2. The van der Waals surface area contributed by atoms with Crippen molar-refractivity contribution in [3.8, 4) is 5.75 Å². The molecule has 4 atom stereocenters. The summed E-state index contributed by atoms with van der Waals surface area (Å²) in [7, 11) is 0. The summed E-state index contributed by atoms with van der Waals surface area (Å²) in [6.45, 7) is 4.99. The molecule has 18 heavy (non-hydrogen) atoms. The number of benzene rings is 1. The molecular weight excluding hydrogens is 248 g/mol. The van der Waals surface area contributed by atoms with Gasteiger partial charge in [-0.3, -0.25) is 0 Å². The molecule has 2 nitrogen and oxygen atoms in total. The first-order valence-electron chi connectivity index (χ1n) is 6.68. The summed E-state index contributed by atoms with van der Waals surface area (Å²) >= 11 is 6.60. The van der Waals surface area contributed by atoms with Crippen molar-refractivity contribution in [1.82, 2.24) is 0 Å². The van der Waals surface area contributed by atoms with Gasteiger partial charge in [0.1, 0.15) is 11.9 Å². The molecule has 0 aromatic heterocycles. The molecule has 2 heterocycles. The van der Waals surface area contributed by atoms with Crippen molar-refractivity contribution in [2.24, 2.45) is 5.92 Å². The van der Waals surface area contributed by atoms with Crippen LogP contribution in [0.2, 0.25) is 0 Å². The molecule has 3 rings (SSSR count). The van der Waals surface area contributed by atoms with Gasteiger partial charge in [-0.15, -0.1) is 11.6 Å². The average molecular weight is 267 g/mol. The minimum Gasteiger partial charge on any atom is -0.490 e. The Labute approximate surface area is 113 Å². The average Bonchev–Trinajstić information content (AvgIpc) is 2.92. The van der Waals surface area contributed by atoms with Gasteiger partial charge < -0.3 is 9.47 Å². The maximum atomic E-state index is 6.60. The van der Waals surface area contributed by atoms with Gasteiger partial charge >= 0.3 is 0 Å². The third-order valence-electron chi connectivity index (χ3n) is 3.88. The number of hydrogen-bond donors (Lipinski definition) is 0. The predicted octanol–water partition coefficient (Wildman–Crippen LogP) is 3.71. The van der Waals surface area contributed by atoms with Crippen molar-refractivity contribution in [3.05, 3.63) is 29.3 Å². The van der Waals surface area contributed by atoms with Crippen molar-refractivity contribution in [3.63, 3.8) is 0 Å². The lowest BCUT2D eigenvalue weighted by molar-refractivity contribution is 0.120. The van der Waals surface area contributed by atoms with E-state index < -0.39 is 0 Å². The SMILES string of the molecule is CC1CC(C(Cl)c2ccc3c(c2)CC(C)O3)CO1. The molecule has 0 amide bonds. The number of hydrogen-bond acceptors (Lipinski definition) is 2. The van der Waals surface area contributed by atoms with Gasteiger partial charge in [0.05, 0.1) is 18.1 Å². The van der Waals surface area contributed by atoms with Gasteiger partial charge in [0, 0.05) is 12.3 Å². The van der Waals surface area contributed by atoms with Crippen molar-refractivity contribution in [1.29, 1.82) is 0 Å². The van der Waals surface area contributed by atoms with Crippen LogP contribution in [0.4, 0.5) is 0 Å². The molecule has 0 bridgehead atoms. The molecule has 98 valence electrons. The summed E-state index contributed by atoms with van der Waals surface area (Å²) in [5, 5.41) is 0.0520. The largest absolute Gasteiger partial charge is 0.490 e. The normalized spacial score (nSPS) is 32.1. The fourth-order valence-corrected chi connectivity index (χ4v) is 3.25. The fourth-order valence-electron chi connectivity index (χ4n) is 2.94. The number of rotatable bonds is 2. The Kier molecular flexibility index (Phi) is 3.25. The second-order valence-corrected chi connectivity index (χ2v) is 6.01. The van der Waals surface area contributed by atoms with Gasteiger partial charge in [-0.25, -0.2) is 0 Å². The van der Waals surface area contributed by atoms with E-state index >= 15 is 0 Å². The van der Waals surface area contributed by atoms with Crippen LogP contribution in [0.3, 0.4) is 0 Å². The fraction of sp³-hybridized carbons (Fsp3) is 0.600. The minimum atomic E-state index is 0.0520. The van der Waals surface area contributed by atoms with Crippen LogP contribution in [0.15, 0.2) is 18.2 Å². The zero-order valence-corrected chi connectivity index (χ0v) is 11.6. The Morgan fingerprint density at radius 2 is 2.11 bits per heavy atom. The second kappa shape index (κ2) is 4.75. The van der Waals surface area contributed by atoms with Crippen molar-refractivity contribution >= 4 is 11.6 Å². The Balaban J connectivity index is 1.79. The Morgan fingerprint density at radius 1 is 1.28 bits per heavy atom. The molecule has 2 aliphatic heterocycles. The molecule has 0 radical (unpaired) electrons. The molecule has 2 aliphatic rings. The quantitative estimate of drug-likeness (QED) is 0.760. The summed E-state index contributed by atoms with van der Waals surface area (Å²) in [5.74, 6) is 1.45. The summed E-state index contributed by atoms with van der Waals surface area (Å²) in [5.41, 5.74) is 2.49. The van der Waals surface area contributed by atoms with Crippen LogP contribution in [0.5, 0.6) is 5.75 Å². The van der Waals surface area contributed by atoms with E-state index in [2.05, 4.69) is 32.0 Å². The van der Waals surface area contributed by atoms with E-state index in [1.807, 2.05) is 0 Å². The van der Waals surface area contributed by atoms with Crippen molar-refractivity contribution < 1.29 is 9.47 Å². The van der Waals surface area contributed by atoms with Gasteiger partial charge in [-0.05, 0) is 37.5 Å². The number of fused-ring (bicyclic) bond motifs is 1. The van der Waals surface area contributed by atoms with Crippen LogP contribution in [0, 0.1) is 5.92 Å². The lowest BCUT2D eigenvalue weighted by Crippen LogP contribution is -2.08. The third-order valence-corrected chi connectivity index (χ3v) is 4.49. The zero-order valence-electron chi connectivity index (χ0n) is 10.9. The van der Waals surface area contributed by atoms with Gasteiger partial charge in [0.2, 0.25) is 0 Å². The molecule has 0 N–H and O–H groups in total. The summed E-state index contributed by atoms with van der Waals surface area (Å²) in [6, 6.07) is 6.36. The number of alkyl halides is 1. The molecule has 3 heteroatoms. The lowest BCUT2D eigenvalue weighted by Gasteiger charge is -2.16. The highest BCUT2D eigenvalue weighted by molar-refractivity contribution is 6.21.